The maximum Gasteiger partial charge on any atom is 0.143 e. The van der Waals surface area contributed by atoms with Gasteiger partial charge in [0.15, 0.2) is 0 Å². The molecule has 0 unspecified atom stereocenters. The quantitative estimate of drug-likeness (QED) is 0.207. The average Bonchev–Trinajstić information content (AvgIpc) is 3.58. The van der Waals surface area contributed by atoms with Crippen LogP contribution in [0.1, 0.15) is 25.0 Å². The molecule has 9 rings (SSSR count). The van der Waals surface area contributed by atoms with Crippen LogP contribution in [-0.4, -0.2) is 0 Å². The van der Waals surface area contributed by atoms with E-state index in [4.69, 9.17) is 4.42 Å². The second-order valence-corrected chi connectivity index (χ2v) is 12.6. The zero-order valence-electron chi connectivity index (χ0n) is 25.3. The van der Waals surface area contributed by atoms with Crippen LogP contribution in [-0.2, 0) is 5.41 Å². The summed E-state index contributed by atoms with van der Waals surface area (Å²) in [7, 11) is 0. The highest BCUT2D eigenvalue weighted by Crippen LogP contribution is 2.56. The van der Waals surface area contributed by atoms with Crippen molar-refractivity contribution in [2.75, 3.05) is 4.90 Å². The van der Waals surface area contributed by atoms with Crippen molar-refractivity contribution in [2.45, 2.75) is 19.3 Å². The third kappa shape index (κ3) is 3.89. The lowest BCUT2D eigenvalue weighted by molar-refractivity contribution is 0.653. The average molecular weight is 578 g/mol. The van der Waals surface area contributed by atoms with Crippen molar-refractivity contribution in [3.63, 3.8) is 0 Å². The molecule has 0 spiro atoms. The van der Waals surface area contributed by atoms with Crippen molar-refractivity contribution >= 4 is 49.8 Å². The summed E-state index contributed by atoms with van der Waals surface area (Å²) in [4.78, 5) is 2.41. The van der Waals surface area contributed by atoms with Gasteiger partial charge in [0.2, 0.25) is 0 Å². The van der Waals surface area contributed by atoms with Crippen LogP contribution in [0.2, 0.25) is 0 Å². The zero-order valence-corrected chi connectivity index (χ0v) is 25.3. The van der Waals surface area contributed by atoms with Gasteiger partial charge >= 0.3 is 0 Å². The molecule has 0 fully saturated rings. The monoisotopic (exact) mass is 577 g/mol. The topological polar surface area (TPSA) is 16.4 Å². The number of hydrogen-bond donors (Lipinski definition) is 0. The smallest absolute Gasteiger partial charge is 0.143 e. The van der Waals surface area contributed by atoms with Gasteiger partial charge in [-0.1, -0.05) is 123 Å². The molecule has 1 aliphatic rings. The van der Waals surface area contributed by atoms with Crippen molar-refractivity contribution in [3.05, 3.63) is 163 Å². The third-order valence-corrected chi connectivity index (χ3v) is 9.62. The van der Waals surface area contributed by atoms with Gasteiger partial charge in [0, 0.05) is 33.1 Å². The van der Waals surface area contributed by atoms with Crippen molar-refractivity contribution in [3.8, 4) is 22.3 Å². The van der Waals surface area contributed by atoms with Crippen molar-refractivity contribution < 1.29 is 4.42 Å². The zero-order chi connectivity index (χ0) is 30.1. The molecule has 1 aromatic heterocycles. The first kappa shape index (κ1) is 25.9. The minimum Gasteiger partial charge on any atom is -0.455 e. The number of benzene rings is 7. The standard InChI is InChI=1S/C43H31NO/c1-43(2)37-26-25-35-34-15-8-9-18-39(34)45-42(35)40(37)36-16-10-17-38(41(36)43)44(32-13-4-3-5-14-32)33-23-21-29(22-24-33)31-20-19-28-11-6-7-12-30(28)27-31/h3-27H,1-2H3. The molecule has 0 amide bonds. The van der Waals surface area contributed by atoms with E-state index in [0.717, 1.165) is 27.9 Å². The van der Waals surface area contributed by atoms with E-state index in [1.54, 1.807) is 0 Å². The first-order valence-corrected chi connectivity index (χ1v) is 15.6. The maximum absolute atomic E-state index is 6.58. The molecular formula is C43H31NO. The molecule has 1 heterocycles. The van der Waals surface area contributed by atoms with E-state index in [1.807, 2.05) is 6.07 Å². The summed E-state index contributed by atoms with van der Waals surface area (Å²) < 4.78 is 6.58. The summed E-state index contributed by atoms with van der Waals surface area (Å²) in [6, 6.07) is 54.6. The number of furan rings is 1. The minimum absolute atomic E-state index is 0.230. The molecule has 2 heteroatoms. The van der Waals surface area contributed by atoms with Crippen LogP contribution < -0.4 is 4.90 Å². The fourth-order valence-corrected chi connectivity index (χ4v) is 7.48. The molecular weight excluding hydrogens is 546 g/mol. The Kier molecular flexibility index (Phi) is 5.58. The van der Waals surface area contributed by atoms with Gasteiger partial charge in [-0.2, -0.15) is 0 Å². The second kappa shape index (κ2) is 9.70. The van der Waals surface area contributed by atoms with Crippen LogP contribution in [0.5, 0.6) is 0 Å². The van der Waals surface area contributed by atoms with E-state index >= 15 is 0 Å². The van der Waals surface area contributed by atoms with Crippen LogP contribution >= 0.6 is 0 Å². The largest absolute Gasteiger partial charge is 0.455 e. The SMILES string of the molecule is CC1(C)c2ccc3c(oc4ccccc43)c2-c2cccc(N(c3ccccc3)c3ccc(-c4ccc5ccccc5c4)cc3)c21. The molecule has 0 N–H and O–H groups in total. The molecule has 45 heavy (non-hydrogen) atoms. The van der Waals surface area contributed by atoms with Crippen molar-refractivity contribution in [2.24, 2.45) is 0 Å². The Labute approximate surface area is 262 Å². The van der Waals surface area contributed by atoms with Gasteiger partial charge in [-0.15, -0.1) is 0 Å². The Bertz CT molecular complexity index is 2400. The lowest BCUT2D eigenvalue weighted by Crippen LogP contribution is -2.20. The van der Waals surface area contributed by atoms with Crippen molar-refractivity contribution in [1.29, 1.82) is 0 Å². The van der Waals surface area contributed by atoms with E-state index in [9.17, 15) is 0 Å². The van der Waals surface area contributed by atoms with Gasteiger partial charge in [-0.25, -0.2) is 0 Å². The fourth-order valence-electron chi connectivity index (χ4n) is 7.48. The lowest BCUT2D eigenvalue weighted by atomic mass is 9.81. The van der Waals surface area contributed by atoms with E-state index in [-0.39, 0.29) is 5.41 Å². The van der Waals surface area contributed by atoms with Crippen LogP contribution in [0.3, 0.4) is 0 Å². The number of para-hydroxylation sites is 2. The second-order valence-electron chi connectivity index (χ2n) is 12.6. The Morgan fingerprint density at radius 3 is 2.09 bits per heavy atom. The Hall–Kier alpha value is -5.60. The summed E-state index contributed by atoms with van der Waals surface area (Å²) in [6.07, 6.45) is 0. The molecule has 0 saturated heterocycles. The van der Waals surface area contributed by atoms with Gasteiger partial charge in [-0.3, -0.25) is 0 Å². The van der Waals surface area contributed by atoms with E-state index in [0.29, 0.717) is 0 Å². The molecule has 8 aromatic rings. The fraction of sp³-hybridized carbons (Fsp3) is 0.0698. The molecule has 0 aliphatic heterocycles. The minimum atomic E-state index is -0.230. The first-order chi connectivity index (χ1) is 22.1. The molecule has 1 aliphatic carbocycles. The predicted octanol–water partition coefficient (Wildman–Crippen LogP) is 12.2. The van der Waals surface area contributed by atoms with E-state index in [1.165, 1.54) is 55.2 Å². The Balaban J connectivity index is 1.22. The number of fused-ring (bicyclic) bond motifs is 8. The summed E-state index contributed by atoms with van der Waals surface area (Å²) in [5.41, 5.74) is 12.6. The maximum atomic E-state index is 6.58. The Morgan fingerprint density at radius 2 is 1.24 bits per heavy atom. The summed E-state index contributed by atoms with van der Waals surface area (Å²) in [5.74, 6) is 0. The summed E-state index contributed by atoms with van der Waals surface area (Å²) in [5, 5.41) is 4.84. The molecule has 0 radical (unpaired) electrons. The molecule has 0 bridgehead atoms. The van der Waals surface area contributed by atoms with Crippen LogP contribution in [0.15, 0.2) is 156 Å². The normalized spacial score (nSPS) is 13.3. The van der Waals surface area contributed by atoms with Gasteiger partial charge in [0.05, 0.1) is 5.69 Å². The number of rotatable bonds is 4. The van der Waals surface area contributed by atoms with Crippen LogP contribution in [0.25, 0.3) is 55.0 Å². The van der Waals surface area contributed by atoms with Crippen molar-refractivity contribution in [1.82, 2.24) is 0 Å². The van der Waals surface area contributed by atoms with E-state index < -0.39 is 0 Å². The molecule has 2 nitrogen and oxygen atoms in total. The third-order valence-electron chi connectivity index (χ3n) is 9.62. The highest BCUT2D eigenvalue weighted by Gasteiger charge is 2.40. The molecule has 0 saturated carbocycles. The van der Waals surface area contributed by atoms with E-state index in [2.05, 4.69) is 164 Å². The van der Waals surface area contributed by atoms with Gasteiger partial charge in [0.25, 0.3) is 0 Å². The summed E-state index contributed by atoms with van der Waals surface area (Å²) in [6.45, 7) is 4.70. The molecule has 0 atom stereocenters. The number of nitrogens with zero attached hydrogens (tertiary/aromatic N) is 1. The Morgan fingerprint density at radius 1 is 0.533 bits per heavy atom. The highest BCUT2D eigenvalue weighted by molar-refractivity contribution is 6.12. The molecule has 7 aromatic carbocycles. The predicted molar refractivity (Wildman–Crippen MR) is 189 cm³/mol. The summed E-state index contributed by atoms with van der Waals surface area (Å²) >= 11 is 0. The lowest BCUT2D eigenvalue weighted by Gasteiger charge is -2.32. The molecule has 214 valence electrons. The van der Waals surface area contributed by atoms with Crippen LogP contribution in [0.4, 0.5) is 17.1 Å². The number of anilines is 3. The highest BCUT2D eigenvalue weighted by atomic mass is 16.3. The van der Waals surface area contributed by atoms with Gasteiger partial charge in [-0.05, 0) is 81.1 Å². The van der Waals surface area contributed by atoms with Gasteiger partial charge in [0.1, 0.15) is 11.2 Å². The number of hydrogen-bond acceptors (Lipinski definition) is 2. The van der Waals surface area contributed by atoms with Crippen LogP contribution in [0, 0.1) is 0 Å². The first-order valence-electron chi connectivity index (χ1n) is 15.6. The van der Waals surface area contributed by atoms with Gasteiger partial charge < -0.3 is 9.32 Å².